The molecule has 0 N–H and O–H groups in total. The van der Waals surface area contributed by atoms with Gasteiger partial charge in [0, 0.05) is 29.1 Å². The van der Waals surface area contributed by atoms with Gasteiger partial charge in [0.2, 0.25) is 12.7 Å². The van der Waals surface area contributed by atoms with Crippen LogP contribution in [0, 0.1) is 0 Å². The fraction of sp³-hybridized carbons (Fsp3) is 0.611. The highest BCUT2D eigenvalue weighted by atomic mass is 32.2. The number of likely N-dealkylation sites (tertiary alicyclic amines) is 1. The molecule has 3 aliphatic heterocycles. The Labute approximate surface area is 148 Å². The van der Waals surface area contributed by atoms with E-state index in [4.69, 9.17) is 9.47 Å². The predicted octanol–water partition coefficient (Wildman–Crippen LogP) is 2.21. The summed E-state index contributed by atoms with van der Waals surface area (Å²) in [5.74, 6) is 2.73. The second-order valence-electron chi connectivity index (χ2n) is 7.14. The van der Waals surface area contributed by atoms with Gasteiger partial charge in [-0.25, -0.2) is 8.57 Å². The van der Waals surface area contributed by atoms with Crippen molar-refractivity contribution in [1.82, 2.24) is 4.90 Å². The van der Waals surface area contributed by atoms with E-state index >= 15 is 0 Å². The molecule has 25 heavy (non-hydrogen) atoms. The van der Waals surface area contributed by atoms with Crippen molar-refractivity contribution in [1.29, 1.82) is 0 Å². The SMILES string of the molecule is CN=S1(=O)CCCC2(CCCN2C(=O)Cc2ccc3c(c2)OCO3)C1. The molecule has 2 fully saturated rings. The van der Waals surface area contributed by atoms with E-state index in [1.165, 1.54) is 0 Å². The van der Waals surface area contributed by atoms with Gasteiger partial charge in [-0.3, -0.25) is 4.79 Å². The Morgan fingerprint density at radius 2 is 2.08 bits per heavy atom. The van der Waals surface area contributed by atoms with Crippen LogP contribution in [0.3, 0.4) is 0 Å². The monoisotopic (exact) mass is 364 g/mol. The van der Waals surface area contributed by atoms with E-state index in [2.05, 4.69) is 4.36 Å². The van der Waals surface area contributed by atoms with Gasteiger partial charge in [0.15, 0.2) is 11.5 Å². The topological polar surface area (TPSA) is 68.2 Å². The molecule has 3 heterocycles. The number of fused-ring (bicyclic) bond motifs is 1. The molecule has 3 aliphatic rings. The van der Waals surface area contributed by atoms with Crippen molar-refractivity contribution in [2.24, 2.45) is 4.36 Å². The molecule has 2 saturated heterocycles. The van der Waals surface area contributed by atoms with Crippen LogP contribution < -0.4 is 9.47 Å². The molecule has 1 amide bonds. The van der Waals surface area contributed by atoms with Gasteiger partial charge in [0.25, 0.3) is 0 Å². The highest BCUT2D eigenvalue weighted by molar-refractivity contribution is 7.93. The molecule has 7 heteroatoms. The largest absolute Gasteiger partial charge is 0.454 e. The van der Waals surface area contributed by atoms with Crippen LogP contribution >= 0.6 is 0 Å². The first-order valence-corrected chi connectivity index (χ1v) is 10.7. The van der Waals surface area contributed by atoms with Crippen LogP contribution in [0.25, 0.3) is 0 Å². The number of hydrogen-bond acceptors (Lipinski definition) is 5. The summed E-state index contributed by atoms with van der Waals surface area (Å²) in [5, 5.41) is 0. The number of carbonyl (C=O) groups excluding carboxylic acids is 1. The average molecular weight is 364 g/mol. The minimum atomic E-state index is -2.17. The van der Waals surface area contributed by atoms with Crippen molar-refractivity contribution in [2.75, 3.05) is 31.9 Å². The molecule has 1 spiro atoms. The Kier molecular flexibility index (Phi) is 4.14. The molecule has 2 atom stereocenters. The number of carbonyl (C=O) groups is 1. The molecular weight excluding hydrogens is 340 g/mol. The fourth-order valence-electron chi connectivity index (χ4n) is 4.41. The summed E-state index contributed by atoms with van der Waals surface area (Å²) in [6, 6.07) is 5.65. The first-order chi connectivity index (χ1) is 12.0. The molecule has 2 unspecified atom stereocenters. The van der Waals surface area contributed by atoms with Gasteiger partial charge in [0.1, 0.15) is 0 Å². The Morgan fingerprint density at radius 3 is 2.92 bits per heavy atom. The van der Waals surface area contributed by atoms with Crippen LogP contribution in [0.15, 0.2) is 22.6 Å². The zero-order chi connectivity index (χ0) is 17.5. The number of nitrogens with zero attached hydrogens (tertiary/aromatic N) is 2. The first-order valence-electron chi connectivity index (χ1n) is 8.83. The summed E-state index contributed by atoms with van der Waals surface area (Å²) in [6.07, 6.45) is 4.07. The number of rotatable bonds is 2. The van der Waals surface area contributed by atoms with E-state index < -0.39 is 9.73 Å². The van der Waals surface area contributed by atoms with E-state index in [0.29, 0.717) is 23.7 Å². The number of ether oxygens (including phenoxy) is 2. The lowest BCUT2D eigenvalue weighted by Gasteiger charge is -2.42. The predicted molar refractivity (Wildman–Crippen MR) is 95.4 cm³/mol. The van der Waals surface area contributed by atoms with Crippen LogP contribution in [-0.4, -0.2) is 52.4 Å². The smallest absolute Gasteiger partial charge is 0.231 e. The first kappa shape index (κ1) is 16.7. The second kappa shape index (κ2) is 6.20. The molecule has 0 radical (unpaired) electrons. The quantitative estimate of drug-likeness (QED) is 0.807. The lowest BCUT2D eigenvalue weighted by molar-refractivity contribution is -0.134. The molecule has 1 aromatic carbocycles. The van der Waals surface area contributed by atoms with Crippen molar-refractivity contribution >= 4 is 15.6 Å². The number of benzene rings is 1. The van der Waals surface area contributed by atoms with Gasteiger partial charge >= 0.3 is 0 Å². The van der Waals surface area contributed by atoms with Gasteiger partial charge < -0.3 is 14.4 Å². The molecule has 136 valence electrons. The zero-order valence-corrected chi connectivity index (χ0v) is 15.3. The molecule has 1 aromatic rings. The third-order valence-corrected chi connectivity index (χ3v) is 8.20. The minimum Gasteiger partial charge on any atom is -0.454 e. The van der Waals surface area contributed by atoms with Crippen molar-refractivity contribution in [3.8, 4) is 11.5 Å². The van der Waals surface area contributed by atoms with Crippen molar-refractivity contribution in [2.45, 2.75) is 37.6 Å². The second-order valence-corrected chi connectivity index (χ2v) is 9.75. The summed E-state index contributed by atoms with van der Waals surface area (Å²) in [4.78, 5) is 15.0. The Hall–Kier alpha value is -1.76. The lowest BCUT2D eigenvalue weighted by atomic mass is 9.92. The third kappa shape index (κ3) is 2.99. The molecular formula is C18H24N2O4S. The van der Waals surface area contributed by atoms with E-state index in [0.717, 1.165) is 43.5 Å². The van der Waals surface area contributed by atoms with Crippen molar-refractivity contribution in [3.05, 3.63) is 23.8 Å². The molecule has 0 aliphatic carbocycles. The van der Waals surface area contributed by atoms with E-state index in [1.54, 1.807) is 7.05 Å². The molecule has 6 nitrogen and oxygen atoms in total. The Morgan fingerprint density at radius 1 is 1.28 bits per heavy atom. The molecule has 0 aromatic heterocycles. The fourth-order valence-corrected chi connectivity index (χ4v) is 6.74. The van der Waals surface area contributed by atoms with Crippen LogP contribution in [-0.2, 0) is 20.9 Å². The summed E-state index contributed by atoms with van der Waals surface area (Å²) in [6.45, 7) is 0.986. The normalized spacial score (nSPS) is 30.7. The van der Waals surface area contributed by atoms with Gasteiger partial charge in [0.05, 0.1) is 17.7 Å². The van der Waals surface area contributed by atoms with Crippen LogP contribution in [0.1, 0.15) is 31.2 Å². The standard InChI is InChI=1S/C18H24N2O4S/c1-19-25(22)9-3-7-18(12-25)6-2-8-20(18)17(21)11-14-4-5-15-16(10-14)24-13-23-15/h4-5,10H,2-3,6-9,11-13H2,1H3. The molecule has 0 bridgehead atoms. The van der Waals surface area contributed by atoms with Gasteiger partial charge in [-0.05, 0) is 43.4 Å². The maximum atomic E-state index is 13.0. The van der Waals surface area contributed by atoms with Crippen LogP contribution in [0.5, 0.6) is 11.5 Å². The maximum Gasteiger partial charge on any atom is 0.231 e. The average Bonchev–Trinajstić information content (AvgIpc) is 3.21. The maximum absolute atomic E-state index is 13.0. The molecule has 0 saturated carbocycles. The van der Waals surface area contributed by atoms with Crippen LogP contribution in [0.2, 0.25) is 0 Å². The number of hydrogen-bond donors (Lipinski definition) is 0. The van der Waals surface area contributed by atoms with Gasteiger partial charge in [-0.1, -0.05) is 6.07 Å². The van der Waals surface area contributed by atoms with Crippen molar-refractivity contribution in [3.63, 3.8) is 0 Å². The van der Waals surface area contributed by atoms with Gasteiger partial charge in [-0.15, -0.1) is 0 Å². The Balaban J connectivity index is 1.54. The number of amides is 1. The van der Waals surface area contributed by atoms with E-state index in [9.17, 15) is 9.00 Å². The molecule has 4 rings (SSSR count). The van der Waals surface area contributed by atoms with Crippen molar-refractivity contribution < 1.29 is 18.5 Å². The van der Waals surface area contributed by atoms with Gasteiger partial charge in [-0.2, -0.15) is 0 Å². The van der Waals surface area contributed by atoms with E-state index in [1.807, 2.05) is 23.1 Å². The summed E-state index contributed by atoms with van der Waals surface area (Å²) in [7, 11) is -0.525. The highest BCUT2D eigenvalue weighted by Crippen LogP contribution is 2.39. The van der Waals surface area contributed by atoms with E-state index in [-0.39, 0.29) is 18.2 Å². The summed E-state index contributed by atoms with van der Waals surface area (Å²) >= 11 is 0. The minimum absolute atomic E-state index is 0.108. The van der Waals surface area contributed by atoms with Crippen LogP contribution in [0.4, 0.5) is 0 Å². The summed E-state index contributed by atoms with van der Waals surface area (Å²) < 4.78 is 27.8. The summed E-state index contributed by atoms with van der Waals surface area (Å²) in [5.41, 5.74) is 0.662. The third-order valence-electron chi connectivity index (χ3n) is 5.62. The Bertz CT molecular complexity index is 815. The zero-order valence-electron chi connectivity index (χ0n) is 14.5. The lowest BCUT2D eigenvalue weighted by Crippen LogP contribution is -2.54. The highest BCUT2D eigenvalue weighted by Gasteiger charge is 2.47.